The SMILES string of the molecule is Fc1cccc(-c2nc(C3CNC3)cs2)c1. The van der Waals surface area contributed by atoms with Gasteiger partial charge in [-0.2, -0.15) is 0 Å². The maximum Gasteiger partial charge on any atom is 0.123 e. The van der Waals surface area contributed by atoms with E-state index < -0.39 is 0 Å². The van der Waals surface area contributed by atoms with Gasteiger partial charge in [0.05, 0.1) is 5.69 Å². The summed E-state index contributed by atoms with van der Waals surface area (Å²) in [6.45, 7) is 2.01. The van der Waals surface area contributed by atoms with Crippen molar-refractivity contribution in [3.63, 3.8) is 0 Å². The first-order chi connectivity index (χ1) is 7.83. The van der Waals surface area contributed by atoms with Crippen LogP contribution < -0.4 is 5.32 Å². The minimum Gasteiger partial charge on any atom is -0.315 e. The Morgan fingerprint density at radius 2 is 2.25 bits per heavy atom. The lowest BCUT2D eigenvalue weighted by atomic mass is 10.0. The Kier molecular flexibility index (Phi) is 2.46. The van der Waals surface area contributed by atoms with Gasteiger partial charge < -0.3 is 5.32 Å². The molecule has 1 saturated heterocycles. The van der Waals surface area contributed by atoms with Gasteiger partial charge in [0.2, 0.25) is 0 Å². The zero-order valence-electron chi connectivity index (χ0n) is 8.61. The molecule has 1 aromatic carbocycles. The standard InChI is InChI=1S/C12H11FN2S/c13-10-3-1-2-8(4-10)12-15-11(7-16-12)9-5-14-6-9/h1-4,7,9,14H,5-6H2. The molecule has 0 aliphatic carbocycles. The van der Waals surface area contributed by atoms with Crippen molar-refractivity contribution in [3.05, 3.63) is 41.2 Å². The highest BCUT2D eigenvalue weighted by Gasteiger charge is 2.21. The van der Waals surface area contributed by atoms with Gasteiger partial charge in [-0.1, -0.05) is 12.1 Å². The lowest BCUT2D eigenvalue weighted by molar-refractivity contribution is 0.441. The number of rotatable bonds is 2. The van der Waals surface area contributed by atoms with Gasteiger partial charge in [0, 0.05) is 30.0 Å². The van der Waals surface area contributed by atoms with E-state index >= 15 is 0 Å². The highest BCUT2D eigenvalue weighted by atomic mass is 32.1. The molecule has 4 heteroatoms. The van der Waals surface area contributed by atoms with Crippen LogP contribution in [0, 0.1) is 5.82 Å². The van der Waals surface area contributed by atoms with Crippen LogP contribution in [-0.4, -0.2) is 18.1 Å². The van der Waals surface area contributed by atoms with Crippen LogP contribution in [0.5, 0.6) is 0 Å². The predicted molar refractivity (Wildman–Crippen MR) is 63.1 cm³/mol. The minimum absolute atomic E-state index is 0.209. The third-order valence-corrected chi connectivity index (χ3v) is 3.70. The molecule has 1 aliphatic rings. The van der Waals surface area contributed by atoms with Crippen molar-refractivity contribution in [2.24, 2.45) is 0 Å². The van der Waals surface area contributed by atoms with Crippen LogP contribution in [-0.2, 0) is 0 Å². The van der Waals surface area contributed by atoms with Crippen molar-refractivity contribution in [2.45, 2.75) is 5.92 Å². The van der Waals surface area contributed by atoms with Gasteiger partial charge in [-0.15, -0.1) is 11.3 Å². The van der Waals surface area contributed by atoms with Crippen molar-refractivity contribution >= 4 is 11.3 Å². The normalized spacial score (nSPS) is 16.1. The van der Waals surface area contributed by atoms with E-state index in [0.29, 0.717) is 5.92 Å². The van der Waals surface area contributed by atoms with Crippen molar-refractivity contribution in [1.82, 2.24) is 10.3 Å². The lowest BCUT2D eigenvalue weighted by Gasteiger charge is -2.25. The van der Waals surface area contributed by atoms with Gasteiger partial charge in [0.25, 0.3) is 0 Å². The first-order valence-corrected chi connectivity index (χ1v) is 6.13. The van der Waals surface area contributed by atoms with Crippen LogP contribution in [0.15, 0.2) is 29.6 Å². The number of hydrogen-bond acceptors (Lipinski definition) is 3. The van der Waals surface area contributed by atoms with Crippen molar-refractivity contribution in [2.75, 3.05) is 13.1 Å². The van der Waals surface area contributed by atoms with Crippen molar-refractivity contribution < 1.29 is 4.39 Å². The molecule has 1 aromatic heterocycles. The van der Waals surface area contributed by atoms with Crippen molar-refractivity contribution in [3.8, 4) is 10.6 Å². The maximum atomic E-state index is 13.1. The summed E-state index contributed by atoms with van der Waals surface area (Å²) in [5.41, 5.74) is 1.99. The lowest BCUT2D eigenvalue weighted by Crippen LogP contribution is -2.40. The molecule has 0 unspecified atom stereocenters. The van der Waals surface area contributed by atoms with E-state index in [-0.39, 0.29) is 5.82 Å². The molecule has 0 amide bonds. The van der Waals surface area contributed by atoms with Gasteiger partial charge in [0.15, 0.2) is 0 Å². The number of halogens is 1. The summed E-state index contributed by atoms with van der Waals surface area (Å²) < 4.78 is 13.1. The fourth-order valence-electron chi connectivity index (χ4n) is 1.73. The van der Waals surface area contributed by atoms with Crippen LogP contribution in [0.1, 0.15) is 11.6 Å². The summed E-state index contributed by atoms with van der Waals surface area (Å²) in [6, 6.07) is 6.59. The second kappa shape index (κ2) is 3.96. The van der Waals surface area contributed by atoms with Crippen molar-refractivity contribution in [1.29, 1.82) is 0 Å². The van der Waals surface area contributed by atoms with Gasteiger partial charge in [0.1, 0.15) is 10.8 Å². The van der Waals surface area contributed by atoms with E-state index in [0.717, 1.165) is 29.4 Å². The molecule has 1 N–H and O–H groups in total. The summed E-state index contributed by atoms with van der Waals surface area (Å²) in [5.74, 6) is 0.332. The third-order valence-electron chi connectivity index (χ3n) is 2.79. The minimum atomic E-state index is -0.209. The van der Waals surface area contributed by atoms with Crippen LogP contribution in [0.3, 0.4) is 0 Å². The number of nitrogens with one attached hydrogen (secondary N) is 1. The fraction of sp³-hybridized carbons (Fsp3) is 0.250. The Bertz CT molecular complexity index is 505. The molecule has 0 spiro atoms. The van der Waals surface area contributed by atoms with E-state index in [9.17, 15) is 4.39 Å². The highest BCUT2D eigenvalue weighted by molar-refractivity contribution is 7.13. The Labute approximate surface area is 97.2 Å². The Morgan fingerprint density at radius 1 is 1.38 bits per heavy atom. The van der Waals surface area contributed by atoms with Gasteiger partial charge in [-0.3, -0.25) is 0 Å². The molecule has 1 fully saturated rings. The number of nitrogens with zero attached hydrogens (tertiary/aromatic N) is 1. The zero-order chi connectivity index (χ0) is 11.0. The molecule has 16 heavy (non-hydrogen) atoms. The number of benzene rings is 1. The van der Waals surface area contributed by atoms with Crippen LogP contribution in [0.2, 0.25) is 0 Å². The molecule has 2 heterocycles. The van der Waals surface area contributed by atoms with E-state index in [1.807, 2.05) is 6.07 Å². The largest absolute Gasteiger partial charge is 0.315 e. The van der Waals surface area contributed by atoms with Crippen LogP contribution in [0.4, 0.5) is 4.39 Å². The van der Waals surface area contributed by atoms with Gasteiger partial charge in [-0.25, -0.2) is 9.37 Å². The van der Waals surface area contributed by atoms with Gasteiger partial charge >= 0.3 is 0 Å². The monoisotopic (exact) mass is 234 g/mol. The molecule has 2 nitrogen and oxygen atoms in total. The molecule has 1 aliphatic heterocycles. The molecule has 3 rings (SSSR count). The number of aromatic nitrogens is 1. The molecule has 0 bridgehead atoms. The molecule has 82 valence electrons. The summed E-state index contributed by atoms with van der Waals surface area (Å²) in [7, 11) is 0. The average molecular weight is 234 g/mol. The molecule has 0 atom stereocenters. The van der Waals surface area contributed by atoms with Crippen LogP contribution >= 0.6 is 11.3 Å². The Morgan fingerprint density at radius 3 is 2.94 bits per heavy atom. The topological polar surface area (TPSA) is 24.9 Å². The maximum absolute atomic E-state index is 13.1. The molecule has 0 radical (unpaired) electrons. The van der Waals surface area contributed by atoms with E-state index in [1.54, 1.807) is 17.4 Å². The van der Waals surface area contributed by atoms with E-state index in [1.165, 1.54) is 12.1 Å². The first kappa shape index (κ1) is 9.93. The molecule has 2 aromatic rings. The Balaban J connectivity index is 1.91. The van der Waals surface area contributed by atoms with Gasteiger partial charge in [-0.05, 0) is 12.1 Å². The Hall–Kier alpha value is -1.26. The van der Waals surface area contributed by atoms with E-state index in [2.05, 4.69) is 15.7 Å². The van der Waals surface area contributed by atoms with Crippen LogP contribution in [0.25, 0.3) is 10.6 Å². The fourth-order valence-corrected chi connectivity index (χ4v) is 2.62. The molecular formula is C12H11FN2S. The van der Waals surface area contributed by atoms with E-state index in [4.69, 9.17) is 0 Å². The second-order valence-electron chi connectivity index (χ2n) is 3.94. The quantitative estimate of drug-likeness (QED) is 0.864. The first-order valence-electron chi connectivity index (χ1n) is 5.25. The average Bonchev–Trinajstić information content (AvgIpc) is 2.64. The highest BCUT2D eigenvalue weighted by Crippen LogP contribution is 2.28. The summed E-state index contributed by atoms with van der Waals surface area (Å²) in [5, 5.41) is 6.20. The molecule has 0 saturated carbocycles. The second-order valence-corrected chi connectivity index (χ2v) is 4.80. The number of hydrogen-bond donors (Lipinski definition) is 1. The zero-order valence-corrected chi connectivity index (χ0v) is 9.43. The smallest absolute Gasteiger partial charge is 0.123 e. The third kappa shape index (κ3) is 1.74. The number of thiazole rings is 1. The summed E-state index contributed by atoms with van der Waals surface area (Å²) in [4.78, 5) is 4.56. The molecular weight excluding hydrogens is 223 g/mol. The summed E-state index contributed by atoms with van der Waals surface area (Å²) in [6.07, 6.45) is 0. The predicted octanol–water partition coefficient (Wildman–Crippen LogP) is 2.64. The summed E-state index contributed by atoms with van der Waals surface area (Å²) >= 11 is 1.58.